The van der Waals surface area contributed by atoms with Gasteiger partial charge in [0.2, 0.25) is 5.01 Å². The van der Waals surface area contributed by atoms with E-state index in [2.05, 4.69) is 20.8 Å². The third-order valence-corrected chi connectivity index (χ3v) is 6.31. The highest BCUT2D eigenvalue weighted by atomic mass is 32.1. The van der Waals surface area contributed by atoms with Gasteiger partial charge in [-0.15, -0.1) is 10.2 Å². The van der Waals surface area contributed by atoms with Crippen LogP contribution in [0, 0.1) is 5.82 Å². The molecule has 10 heteroatoms. The maximum absolute atomic E-state index is 13.7. The van der Waals surface area contributed by atoms with E-state index < -0.39 is 11.7 Å². The van der Waals surface area contributed by atoms with Crippen LogP contribution < -0.4 is 15.4 Å². The van der Waals surface area contributed by atoms with E-state index in [1.54, 1.807) is 48.4 Å². The molecule has 0 unspecified atom stereocenters. The molecular weight excluding hydrogens is 433 g/mol. The zero-order valence-corrected chi connectivity index (χ0v) is 18.2. The van der Waals surface area contributed by atoms with Crippen molar-refractivity contribution in [3.63, 3.8) is 0 Å². The number of likely N-dealkylation sites (tertiary alicyclic amines) is 1. The van der Waals surface area contributed by atoms with Crippen molar-refractivity contribution in [1.82, 2.24) is 15.1 Å². The van der Waals surface area contributed by atoms with Gasteiger partial charge in [0, 0.05) is 24.7 Å². The maximum atomic E-state index is 13.7. The standard InChI is InChI=1S/C22H22FN5O3S/c1-31-16-8-6-15(7-9-16)24-22(30)28-12-10-14(11-13-28)20-26-27-21(32-20)19(29)25-18-5-3-2-4-17(18)23/h2-9,14H,10-13H2,1H3,(H,24,30)(H,25,29). The molecule has 1 aromatic heterocycles. The largest absolute Gasteiger partial charge is 0.497 e. The number of carbonyl (C=O) groups is 2. The van der Waals surface area contributed by atoms with Gasteiger partial charge in [0.25, 0.3) is 5.91 Å². The van der Waals surface area contributed by atoms with Crippen molar-refractivity contribution >= 4 is 34.6 Å². The summed E-state index contributed by atoms with van der Waals surface area (Å²) in [7, 11) is 1.59. The second-order valence-electron chi connectivity index (χ2n) is 7.30. The fourth-order valence-electron chi connectivity index (χ4n) is 3.44. The van der Waals surface area contributed by atoms with E-state index in [4.69, 9.17) is 4.74 Å². The average Bonchev–Trinajstić information content (AvgIpc) is 3.32. The van der Waals surface area contributed by atoms with Gasteiger partial charge in [0.05, 0.1) is 12.8 Å². The van der Waals surface area contributed by atoms with Crippen LogP contribution in [-0.4, -0.2) is 47.2 Å². The quantitative estimate of drug-likeness (QED) is 0.596. The normalized spacial score (nSPS) is 14.1. The first-order valence-corrected chi connectivity index (χ1v) is 10.9. The number of amides is 3. The van der Waals surface area contributed by atoms with E-state index in [9.17, 15) is 14.0 Å². The van der Waals surface area contributed by atoms with E-state index in [1.807, 2.05) is 0 Å². The van der Waals surface area contributed by atoms with E-state index in [0.29, 0.717) is 18.8 Å². The summed E-state index contributed by atoms with van der Waals surface area (Å²) in [5.41, 5.74) is 0.804. The van der Waals surface area contributed by atoms with E-state index in [-0.39, 0.29) is 22.6 Å². The summed E-state index contributed by atoms with van der Waals surface area (Å²) in [4.78, 5) is 26.7. The topological polar surface area (TPSA) is 96.4 Å². The number of hydrogen-bond acceptors (Lipinski definition) is 6. The Balaban J connectivity index is 1.30. The lowest BCUT2D eigenvalue weighted by molar-refractivity contribution is 0.102. The Hall–Kier alpha value is -3.53. The molecule has 166 valence electrons. The molecule has 0 bridgehead atoms. The second-order valence-corrected chi connectivity index (χ2v) is 8.31. The van der Waals surface area contributed by atoms with Crippen molar-refractivity contribution in [3.05, 3.63) is 64.4 Å². The van der Waals surface area contributed by atoms with Gasteiger partial charge >= 0.3 is 6.03 Å². The Labute approximate surface area is 188 Å². The molecule has 0 spiro atoms. The molecule has 0 aliphatic carbocycles. The molecule has 1 fully saturated rings. The molecule has 0 saturated carbocycles. The molecule has 32 heavy (non-hydrogen) atoms. The fraction of sp³-hybridized carbons (Fsp3) is 0.273. The Morgan fingerprint density at radius 3 is 2.47 bits per heavy atom. The minimum Gasteiger partial charge on any atom is -0.497 e. The molecule has 1 saturated heterocycles. The van der Waals surface area contributed by atoms with Gasteiger partial charge in [-0.05, 0) is 49.2 Å². The van der Waals surface area contributed by atoms with E-state index in [1.165, 1.54) is 23.5 Å². The number of halogens is 1. The summed E-state index contributed by atoms with van der Waals surface area (Å²) in [6.45, 7) is 1.14. The Morgan fingerprint density at radius 1 is 1.06 bits per heavy atom. The number of piperidine rings is 1. The van der Waals surface area contributed by atoms with Crippen LogP contribution in [0.25, 0.3) is 0 Å². The van der Waals surface area contributed by atoms with Gasteiger partial charge in [0.15, 0.2) is 0 Å². The van der Waals surface area contributed by atoms with Crippen molar-refractivity contribution in [2.24, 2.45) is 0 Å². The number of ether oxygens (including phenoxy) is 1. The Morgan fingerprint density at radius 2 is 1.78 bits per heavy atom. The number of rotatable bonds is 5. The van der Waals surface area contributed by atoms with Gasteiger partial charge < -0.3 is 20.3 Å². The predicted molar refractivity (Wildman–Crippen MR) is 120 cm³/mol. The lowest BCUT2D eigenvalue weighted by Crippen LogP contribution is -2.40. The molecule has 2 N–H and O–H groups in total. The third-order valence-electron chi connectivity index (χ3n) is 5.23. The smallest absolute Gasteiger partial charge is 0.321 e. The summed E-state index contributed by atoms with van der Waals surface area (Å²) >= 11 is 1.20. The van der Waals surface area contributed by atoms with Crippen LogP contribution in [-0.2, 0) is 0 Å². The molecule has 1 aliphatic rings. The predicted octanol–water partition coefficient (Wildman–Crippen LogP) is 4.35. The monoisotopic (exact) mass is 455 g/mol. The number of carbonyl (C=O) groups excluding carboxylic acids is 2. The molecule has 3 amide bonds. The molecule has 2 aromatic carbocycles. The van der Waals surface area contributed by atoms with Gasteiger partial charge in [0.1, 0.15) is 16.6 Å². The number of para-hydroxylation sites is 1. The molecule has 4 rings (SSSR count). The molecular formula is C22H22FN5O3S. The number of aromatic nitrogens is 2. The molecule has 2 heterocycles. The van der Waals surface area contributed by atoms with Crippen molar-refractivity contribution in [3.8, 4) is 5.75 Å². The van der Waals surface area contributed by atoms with Gasteiger partial charge in [-0.1, -0.05) is 23.5 Å². The first-order chi connectivity index (χ1) is 15.5. The number of nitrogens with zero attached hydrogens (tertiary/aromatic N) is 3. The first-order valence-electron chi connectivity index (χ1n) is 10.1. The first kappa shape index (κ1) is 21.7. The summed E-state index contributed by atoms with van der Waals surface area (Å²) in [5.74, 6) is -0.156. The van der Waals surface area contributed by atoms with Crippen molar-refractivity contribution in [1.29, 1.82) is 0 Å². The number of benzene rings is 2. The Kier molecular flexibility index (Phi) is 6.60. The molecule has 1 aliphatic heterocycles. The maximum Gasteiger partial charge on any atom is 0.321 e. The van der Waals surface area contributed by atoms with Crippen LogP contribution in [0.2, 0.25) is 0 Å². The highest BCUT2D eigenvalue weighted by Crippen LogP contribution is 2.31. The zero-order valence-electron chi connectivity index (χ0n) is 17.4. The molecule has 0 atom stereocenters. The van der Waals surface area contributed by atoms with Gasteiger partial charge in [-0.3, -0.25) is 4.79 Å². The Bertz CT molecular complexity index is 1100. The average molecular weight is 456 g/mol. The fourth-order valence-corrected chi connectivity index (χ4v) is 4.34. The highest BCUT2D eigenvalue weighted by molar-refractivity contribution is 7.13. The van der Waals surface area contributed by atoms with Crippen molar-refractivity contribution < 1.29 is 18.7 Å². The minimum atomic E-state index is -0.508. The van der Waals surface area contributed by atoms with Crippen LogP contribution >= 0.6 is 11.3 Å². The highest BCUT2D eigenvalue weighted by Gasteiger charge is 2.27. The lowest BCUT2D eigenvalue weighted by atomic mass is 9.98. The zero-order chi connectivity index (χ0) is 22.5. The summed E-state index contributed by atoms with van der Waals surface area (Å²) in [6.07, 6.45) is 1.44. The number of hydrogen-bond donors (Lipinski definition) is 2. The van der Waals surface area contributed by atoms with E-state index in [0.717, 1.165) is 23.6 Å². The molecule has 3 aromatic rings. The van der Waals surface area contributed by atoms with Crippen molar-refractivity contribution in [2.75, 3.05) is 30.8 Å². The van der Waals surface area contributed by atoms with Crippen molar-refractivity contribution in [2.45, 2.75) is 18.8 Å². The molecule has 8 nitrogen and oxygen atoms in total. The number of anilines is 2. The number of methoxy groups -OCH3 is 1. The molecule has 0 radical (unpaired) electrons. The SMILES string of the molecule is COc1ccc(NC(=O)N2CCC(c3nnc(C(=O)Nc4ccccc4F)s3)CC2)cc1. The minimum absolute atomic E-state index is 0.102. The number of nitrogens with one attached hydrogen (secondary N) is 2. The lowest BCUT2D eigenvalue weighted by Gasteiger charge is -2.30. The van der Waals surface area contributed by atoms with Gasteiger partial charge in [-0.2, -0.15) is 0 Å². The van der Waals surface area contributed by atoms with Gasteiger partial charge in [-0.25, -0.2) is 9.18 Å². The summed E-state index contributed by atoms with van der Waals surface area (Å²) in [6, 6.07) is 13.0. The summed E-state index contributed by atoms with van der Waals surface area (Å²) in [5, 5.41) is 14.5. The van der Waals surface area contributed by atoms with Crippen LogP contribution in [0.3, 0.4) is 0 Å². The van der Waals surface area contributed by atoms with E-state index >= 15 is 0 Å². The van der Waals surface area contributed by atoms with Crippen LogP contribution in [0.5, 0.6) is 5.75 Å². The van der Waals surface area contributed by atoms with Crippen LogP contribution in [0.1, 0.15) is 33.6 Å². The second kappa shape index (κ2) is 9.73. The van der Waals surface area contributed by atoms with Crippen LogP contribution in [0.15, 0.2) is 48.5 Å². The third kappa shape index (κ3) is 5.02. The number of urea groups is 1. The van der Waals surface area contributed by atoms with Crippen LogP contribution in [0.4, 0.5) is 20.6 Å². The summed E-state index contributed by atoms with van der Waals surface area (Å²) < 4.78 is 18.9.